The van der Waals surface area contributed by atoms with Gasteiger partial charge in [0.1, 0.15) is 0 Å². The van der Waals surface area contributed by atoms with Crippen LogP contribution < -0.4 is 4.72 Å². The third-order valence-electron chi connectivity index (χ3n) is 3.71. The van der Waals surface area contributed by atoms with Crippen molar-refractivity contribution in [1.82, 2.24) is 0 Å². The molecule has 0 saturated carbocycles. The van der Waals surface area contributed by atoms with Crippen LogP contribution in [0.2, 0.25) is 0 Å². The Balaban J connectivity index is 2.34. The van der Waals surface area contributed by atoms with E-state index in [4.69, 9.17) is 0 Å². The number of anilines is 1. The summed E-state index contributed by atoms with van der Waals surface area (Å²) in [5.74, 6) is -1.16. The summed E-state index contributed by atoms with van der Waals surface area (Å²) in [5.41, 5.74) is 1.86. The SMILES string of the molecule is CCCCc1ccc(NS(=O)(=O)c2ccc(C)cc2)c(C(=O)O)c1. The summed E-state index contributed by atoms with van der Waals surface area (Å²) in [4.78, 5) is 11.6. The van der Waals surface area contributed by atoms with E-state index in [2.05, 4.69) is 11.6 Å². The highest BCUT2D eigenvalue weighted by Crippen LogP contribution is 2.23. The third kappa shape index (κ3) is 4.35. The Bertz CT molecular complexity index is 827. The second-order valence-corrected chi connectivity index (χ2v) is 7.39. The molecule has 2 rings (SSSR count). The highest BCUT2D eigenvalue weighted by molar-refractivity contribution is 7.92. The van der Waals surface area contributed by atoms with Crippen LogP contribution in [0.25, 0.3) is 0 Å². The lowest BCUT2D eigenvalue weighted by atomic mass is 10.0. The van der Waals surface area contributed by atoms with E-state index < -0.39 is 16.0 Å². The first-order valence-electron chi connectivity index (χ1n) is 7.79. The van der Waals surface area contributed by atoms with E-state index in [0.717, 1.165) is 30.4 Å². The molecule has 128 valence electrons. The lowest BCUT2D eigenvalue weighted by Gasteiger charge is -2.12. The van der Waals surface area contributed by atoms with Gasteiger partial charge in [0.25, 0.3) is 10.0 Å². The highest BCUT2D eigenvalue weighted by Gasteiger charge is 2.18. The molecule has 0 aromatic heterocycles. The van der Waals surface area contributed by atoms with Gasteiger partial charge in [0.05, 0.1) is 16.1 Å². The second kappa shape index (κ2) is 7.49. The molecule has 0 atom stereocenters. The predicted octanol–water partition coefficient (Wildman–Crippen LogP) is 3.84. The van der Waals surface area contributed by atoms with Crippen LogP contribution in [0.1, 0.15) is 41.3 Å². The fraction of sp³-hybridized carbons (Fsp3) is 0.278. The molecule has 0 aliphatic rings. The average Bonchev–Trinajstić information content (AvgIpc) is 2.53. The van der Waals surface area contributed by atoms with Crippen LogP contribution in [-0.4, -0.2) is 19.5 Å². The minimum atomic E-state index is -3.83. The summed E-state index contributed by atoms with van der Waals surface area (Å²) in [6.45, 7) is 3.92. The molecular weight excluding hydrogens is 326 g/mol. The summed E-state index contributed by atoms with van der Waals surface area (Å²) in [7, 11) is -3.83. The number of hydrogen-bond donors (Lipinski definition) is 2. The Hall–Kier alpha value is -2.34. The average molecular weight is 347 g/mol. The molecular formula is C18H21NO4S. The molecule has 2 aromatic carbocycles. The Morgan fingerprint density at radius 3 is 2.38 bits per heavy atom. The Kier molecular flexibility index (Phi) is 5.62. The Labute approximate surface area is 142 Å². The van der Waals surface area contributed by atoms with E-state index in [0.29, 0.717) is 0 Å². The Morgan fingerprint density at radius 1 is 1.12 bits per heavy atom. The number of carboxylic acids is 1. The molecule has 6 heteroatoms. The molecule has 0 aliphatic carbocycles. The Morgan fingerprint density at radius 2 is 1.79 bits per heavy atom. The van der Waals surface area contributed by atoms with Crippen LogP contribution in [0.15, 0.2) is 47.4 Å². The maximum Gasteiger partial charge on any atom is 0.337 e. The van der Waals surface area contributed by atoms with Gasteiger partial charge in [-0.2, -0.15) is 0 Å². The zero-order valence-electron chi connectivity index (χ0n) is 13.7. The van der Waals surface area contributed by atoms with Crippen LogP contribution >= 0.6 is 0 Å². The zero-order valence-corrected chi connectivity index (χ0v) is 14.6. The first-order chi connectivity index (χ1) is 11.3. The monoisotopic (exact) mass is 347 g/mol. The van der Waals surface area contributed by atoms with Crippen molar-refractivity contribution < 1.29 is 18.3 Å². The van der Waals surface area contributed by atoms with Crippen LogP contribution in [0.4, 0.5) is 5.69 Å². The molecule has 0 bridgehead atoms. The standard InChI is InChI=1S/C18H21NO4S/c1-3-4-5-14-8-11-17(16(12-14)18(20)21)19-24(22,23)15-9-6-13(2)7-10-15/h6-12,19H,3-5H2,1-2H3,(H,20,21). The van der Waals surface area contributed by atoms with Gasteiger partial charge in [0.2, 0.25) is 0 Å². The van der Waals surface area contributed by atoms with Gasteiger partial charge in [-0.15, -0.1) is 0 Å². The number of aromatic carboxylic acids is 1. The molecule has 0 heterocycles. The molecule has 5 nitrogen and oxygen atoms in total. The number of benzene rings is 2. The van der Waals surface area contributed by atoms with E-state index in [1.807, 2.05) is 6.92 Å². The van der Waals surface area contributed by atoms with E-state index in [9.17, 15) is 18.3 Å². The van der Waals surface area contributed by atoms with Crippen molar-refractivity contribution >= 4 is 21.7 Å². The van der Waals surface area contributed by atoms with E-state index in [-0.39, 0.29) is 16.1 Å². The predicted molar refractivity (Wildman–Crippen MR) is 94.0 cm³/mol. The molecule has 0 radical (unpaired) electrons. The van der Waals surface area contributed by atoms with Crippen molar-refractivity contribution in [2.45, 2.75) is 38.0 Å². The van der Waals surface area contributed by atoms with Gasteiger partial charge < -0.3 is 5.11 Å². The quantitative estimate of drug-likeness (QED) is 0.797. The normalized spacial score (nSPS) is 11.2. The summed E-state index contributed by atoms with van der Waals surface area (Å²) in [6, 6.07) is 11.2. The number of nitrogens with one attached hydrogen (secondary N) is 1. The van der Waals surface area contributed by atoms with Crippen molar-refractivity contribution in [3.8, 4) is 0 Å². The van der Waals surface area contributed by atoms with E-state index in [1.54, 1.807) is 18.2 Å². The molecule has 0 saturated heterocycles. The molecule has 24 heavy (non-hydrogen) atoms. The van der Waals surface area contributed by atoms with E-state index in [1.165, 1.54) is 24.3 Å². The number of carboxylic acid groups (broad SMARTS) is 1. The number of rotatable bonds is 7. The largest absolute Gasteiger partial charge is 0.478 e. The highest BCUT2D eigenvalue weighted by atomic mass is 32.2. The summed E-state index contributed by atoms with van der Waals surface area (Å²) >= 11 is 0. The molecule has 2 aromatic rings. The van der Waals surface area contributed by atoms with Crippen molar-refractivity contribution in [1.29, 1.82) is 0 Å². The number of sulfonamides is 1. The van der Waals surface area contributed by atoms with Gasteiger partial charge in [0.15, 0.2) is 0 Å². The van der Waals surface area contributed by atoms with Gasteiger partial charge >= 0.3 is 5.97 Å². The lowest BCUT2D eigenvalue weighted by molar-refractivity contribution is 0.0698. The lowest BCUT2D eigenvalue weighted by Crippen LogP contribution is -2.15. The molecule has 2 N–H and O–H groups in total. The maximum atomic E-state index is 12.4. The first-order valence-corrected chi connectivity index (χ1v) is 9.27. The van der Waals surface area contributed by atoms with Gasteiger partial charge in [0, 0.05) is 0 Å². The summed E-state index contributed by atoms with van der Waals surface area (Å²) in [5, 5.41) is 9.38. The van der Waals surface area contributed by atoms with Crippen molar-refractivity contribution in [2.24, 2.45) is 0 Å². The van der Waals surface area contributed by atoms with E-state index >= 15 is 0 Å². The molecule has 0 fully saturated rings. The number of hydrogen-bond acceptors (Lipinski definition) is 3. The molecule has 0 spiro atoms. The molecule has 0 unspecified atom stereocenters. The minimum Gasteiger partial charge on any atom is -0.478 e. The van der Waals surface area contributed by atoms with Gasteiger partial charge in [-0.05, 0) is 49.6 Å². The summed E-state index contributed by atoms with van der Waals surface area (Å²) < 4.78 is 27.3. The number of aryl methyl sites for hydroxylation is 2. The third-order valence-corrected chi connectivity index (χ3v) is 5.09. The van der Waals surface area contributed by atoms with Crippen LogP contribution in [0.5, 0.6) is 0 Å². The minimum absolute atomic E-state index is 0.0423. The molecule has 0 aliphatic heterocycles. The first kappa shape index (κ1) is 18.0. The maximum absolute atomic E-state index is 12.4. The molecule has 0 amide bonds. The smallest absolute Gasteiger partial charge is 0.337 e. The van der Waals surface area contributed by atoms with Crippen LogP contribution in [-0.2, 0) is 16.4 Å². The van der Waals surface area contributed by atoms with Gasteiger partial charge in [-0.3, -0.25) is 4.72 Å². The topological polar surface area (TPSA) is 83.5 Å². The number of unbranched alkanes of at least 4 members (excludes halogenated alkanes) is 1. The van der Waals surface area contributed by atoms with Crippen LogP contribution in [0.3, 0.4) is 0 Å². The summed E-state index contributed by atoms with van der Waals surface area (Å²) in [6.07, 6.45) is 2.72. The van der Waals surface area contributed by atoms with Crippen molar-refractivity contribution in [3.05, 3.63) is 59.2 Å². The van der Waals surface area contributed by atoms with Crippen molar-refractivity contribution in [2.75, 3.05) is 4.72 Å². The fourth-order valence-corrected chi connectivity index (χ4v) is 3.39. The van der Waals surface area contributed by atoms with Gasteiger partial charge in [-0.25, -0.2) is 13.2 Å². The van der Waals surface area contributed by atoms with Crippen LogP contribution in [0, 0.1) is 6.92 Å². The fourth-order valence-electron chi connectivity index (χ4n) is 2.31. The number of carbonyl (C=O) groups is 1. The van der Waals surface area contributed by atoms with Crippen molar-refractivity contribution in [3.63, 3.8) is 0 Å². The zero-order chi connectivity index (χ0) is 17.7. The van der Waals surface area contributed by atoms with Gasteiger partial charge in [-0.1, -0.05) is 37.1 Å². The second-order valence-electron chi connectivity index (χ2n) is 5.71.